The summed E-state index contributed by atoms with van der Waals surface area (Å²) < 4.78 is 15.8. The number of methoxy groups -OCH3 is 2. The van der Waals surface area contributed by atoms with Gasteiger partial charge in [0.1, 0.15) is 11.5 Å². The molecule has 1 aromatic heterocycles. The minimum absolute atomic E-state index is 0.123. The first-order valence-electron chi connectivity index (χ1n) is 8.65. The van der Waals surface area contributed by atoms with Crippen molar-refractivity contribution in [3.63, 3.8) is 0 Å². The van der Waals surface area contributed by atoms with Crippen molar-refractivity contribution in [2.75, 3.05) is 14.2 Å². The molecule has 0 bridgehead atoms. The normalized spacial score (nSPS) is 10.5. The first-order valence-corrected chi connectivity index (χ1v) is 9.03. The predicted octanol–water partition coefficient (Wildman–Crippen LogP) is 3.66. The molecule has 3 rings (SSSR count). The average molecular weight is 402 g/mol. The lowest BCUT2D eigenvalue weighted by Gasteiger charge is -2.07. The fraction of sp³-hybridized carbons (Fsp3) is 0.250. The van der Waals surface area contributed by atoms with Crippen LogP contribution >= 0.6 is 11.6 Å². The molecule has 0 radical (unpaired) electrons. The van der Waals surface area contributed by atoms with Gasteiger partial charge in [-0.05, 0) is 30.2 Å². The molecule has 146 valence electrons. The maximum Gasteiger partial charge on any atom is 0.246 e. The summed E-state index contributed by atoms with van der Waals surface area (Å²) in [7, 11) is 3.13. The van der Waals surface area contributed by atoms with Gasteiger partial charge in [-0.25, -0.2) is 0 Å². The summed E-state index contributed by atoms with van der Waals surface area (Å²) in [6, 6.07) is 12.8. The molecule has 0 aliphatic rings. The van der Waals surface area contributed by atoms with E-state index in [4.69, 9.17) is 25.6 Å². The second kappa shape index (κ2) is 9.23. The van der Waals surface area contributed by atoms with Gasteiger partial charge in [0.05, 0.1) is 26.3 Å². The molecule has 0 fully saturated rings. The van der Waals surface area contributed by atoms with E-state index in [-0.39, 0.29) is 12.5 Å². The van der Waals surface area contributed by atoms with E-state index in [1.807, 2.05) is 24.3 Å². The molecule has 3 aromatic rings. The SMILES string of the molecule is COc1ccc(-c2noc(CNC(=O)CCc3ccccc3Cl)n2)c(OC)c1. The molecule has 1 heterocycles. The second-order valence-electron chi connectivity index (χ2n) is 5.95. The van der Waals surface area contributed by atoms with Gasteiger partial charge in [-0.2, -0.15) is 4.98 Å². The quantitative estimate of drug-likeness (QED) is 0.620. The smallest absolute Gasteiger partial charge is 0.246 e. The van der Waals surface area contributed by atoms with Crippen molar-refractivity contribution in [3.8, 4) is 22.9 Å². The fourth-order valence-corrected chi connectivity index (χ4v) is 2.86. The molecule has 0 atom stereocenters. The average Bonchev–Trinajstić information content (AvgIpc) is 3.20. The number of amides is 1. The highest BCUT2D eigenvalue weighted by molar-refractivity contribution is 6.31. The van der Waals surface area contributed by atoms with Crippen molar-refractivity contribution >= 4 is 17.5 Å². The van der Waals surface area contributed by atoms with Gasteiger partial charge < -0.3 is 19.3 Å². The van der Waals surface area contributed by atoms with Crippen LogP contribution in [0.4, 0.5) is 0 Å². The van der Waals surface area contributed by atoms with Gasteiger partial charge in [0.25, 0.3) is 0 Å². The third-order valence-corrected chi connectivity index (χ3v) is 4.50. The summed E-state index contributed by atoms with van der Waals surface area (Å²) in [4.78, 5) is 16.4. The molecule has 0 unspecified atom stereocenters. The number of halogens is 1. The number of hydrogen-bond acceptors (Lipinski definition) is 6. The number of carbonyl (C=O) groups is 1. The number of hydrogen-bond donors (Lipinski definition) is 1. The van der Waals surface area contributed by atoms with Gasteiger partial charge in [-0.3, -0.25) is 4.79 Å². The van der Waals surface area contributed by atoms with Gasteiger partial charge in [0.15, 0.2) is 0 Å². The third kappa shape index (κ3) is 4.80. The highest BCUT2D eigenvalue weighted by atomic mass is 35.5. The Kier molecular flexibility index (Phi) is 6.49. The van der Waals surface area contributed by atoms with Crippen LogP contribution in [0.3, 0.4) is 0 Å². The monoisotopic (exact) mass is 401 g/mol. The number of nitrogens with zero attached hydrogens (tertiary/aromatic N) is 2. The summed E-state index contributed by atoms with van der Waals surface area (Å²) in [5.74, 6) is 1.78. The molecule has 7 nitrogen and oxygen atoms in total. The molecule has 0 spiro atoms. The number of aryl methyl sites for hydroxylation is 1. The van der Waals surface area contributed by atoms with E-state index < -0.39 is 0 Å². The molecule has 28 heavy (non-hydrogen) atoms. The number of carbonyl (C=O) groups excluding carboxylic acids is 1. The van der Waals surface area contributed by atoms with E-state index in [2.05, 4.69) is 15.5 Å². The number of aromatic nitrogens is 2. The van der Waals surface area contributed by atoms with Gasteiger partial charge in [0, 0.05) is 17.5 Å². The molecule has 0 saturated heterocycles. The summed E-state index contributed by atoms with van der Waals surface area (Å²) in [5.41, 5.74) is 1.61. The van der Waals surface area contributed by atoms with Crippen LogP contribution in [0.5, 0.6) is 11.5 Å². The van der Waals surface area contributed by atoms with Crippen molar-refractivity contribution in [1.29, 1.82) is 0 Å². The topological polar surface area (TPSA) is 86.5 Å². The first kappa shape index (κ1) is 19.7. The molecule has 1 N–H and O–H groups in total. The van der Waals surface area contributed by atoms with E-state index in [0.29, 0.717) is 46.6 Å². The Morgan fingerprint density at radius 2 is 2.00 bits per heavy atom. The van der Waals surface area contributed by atoms with Crippen molar-refractivity contribution in [3.05, 3.63) is 58.9 Å². The summed E-state index contributed by atoms with van der Waals surface area (Å²) in [6.45, 7) is 0.146. The Hall–Kier alpha value is -3.06. The van der Waals surface area contributed by atoms with Gasteiger partial charge in [-0.1, -0.05) is 35.0 Å². The molecule has 1 amide bonds. The second-order valence-corrected chi connectivity index (χ2v) is 6.35. The lowest BCUT2D eigenvalue weighted by Crippen LogP contribution is -2.23. The van der Waals surface area contributed by atoms with Gasteiger partial charge >= 0.3 is 0 Å². The molecule has 0 saturated carbocycles. The van der Waals surface area contributed by atoms with E-state index in [1.165, 1.54) is 0 Å². The molecule has 0 aliphatic heterocycles. The standard InChI is InChI=1S/C20H20ClN3O4/c1-26-14-8-9-15(17(11-14)27-2)20-23-19(28-24-20)12-22-18(25)10-7-13-5-3-4-6-16(13)21/h3-6,8-9,11H,7,10,12H2,1-2H3,(H,22,25). The van der Waals surface area contributed by atoms with Gasteiger partial charge in [0.2, 0.25) is 17.6 Å². The van der Waals surface area contributed by atoms with E-state index in [0.717, 1.165) is 5.56 Å². The largest absolute Gasteiger partial charge is 0.497 e. The van der Waals surface area contributed by atoms with Crippen LogP contribution in [-0.4, -0.2) is 30.3 Å². The maximum absolute atomic E-state index is 12.1. The van der Waals surface area contributed by atoms with Crippen molar-refractivity contribution < 1.29 is 18.8 Å². The van der Waals surface area contributed by atoms with E-state index >= 15 is 0 Å². The first-order chi connectivity index (χ1) is 13.6. The van der Waals surface area contributed by atoms with Crippen molar-refractivity contribution in [2.24, 2.45) is 0 Å². The van der Waals surface area contributed by atoms with Crippen LogP contribution in [0.25, 0.3) is 11.4 Å². The highest BCUT2D eigenvalue weighted by Crippen LogP contribution is 2.31. The number of ether oxygens (including phenoxy) is 2. The molecular formula is C20H20ClN3O4. The lowest BCUT2D eigenvalue weighted by molar-refractivity contribution is -0.121. The summed E-state index contributed by atoms with van der Waals surface area (Å²) in [6.07, 6.45) is 0.876. The predicted molar refractivity (Wildman–Crippen MR) is 104 cm³/mol. The van der Waals surface area contributed by atoms with Crippen LogP contribution in [0, 0.1) is 0 Å². The highest BCUT2D eigenvalue weighted by Gasteiger charge is 2.15. The van der Waals surface area contributed by atoms with Crippen LogP contribution in [0.2, 0.25) is 5.02 Å². The zero-order valence-electron chi connectivity index (χ0n) is 15.6. The Balaban J connectivity index is 1.58. The maximum atomic E-state index is 12.1. The van der Waals surface area contributed by atoms with Crippen LogP contribution in [0.1, 0.15) is 17.9 Å². The molecular weight excluding hydrogens is 382 g/mol. The molecule has 0 aliphatic carbocycles. The zero-order valence-corrected chi connectivity index (χ0v) is 16.3. The van der Waals surface area contributed by atoms with Crippen molar-refractivity contribution in [1.82, 2.24) is 15.5 Å². The van der Waals surface area contributed by atoms with Gasteiger partial charge in [-0.15, -0.1) is 0 Å². The number of benzene rings is 2. The van der Waals surface area contributed by atoms with Crippen LogP contribution < -0.4 is 14.8 Å². The molecule has 8 heteroatoms. The Bertz CT molecular complexity index is 958. The Labute approximate surface area is 167 Å². The minimum atomic E-state index is -0.123. The van der Waals surface area contributed by atoms with Crippen molar-refractivity contribution in [2.45, 2.75) is 19.4 Å². The van der Waals surface area contributed by atoms with Crippen LogP contribution in [0.15, 0.2) is 47.0 Å². The Morgan fingerprint density at radius 3 is 2.75 bits per heavy atom. The lowest BCUT2D eigenvalue weighted by atomic mass is 10.1. The molecule has 2 aromatic carbocycles. The summed E-state index contributed by atoms with van der Waals surface area (Å²) in [5, 5.41) is 7.39. The van der Waals surface area contributed by atoms with Crippen LogP contribution in [-0.2, 0) is 17.8 Å². The van der Waals surface area contributed by atoms with E-state index in [9.17, 15) is 4.79 Å². The minimum Gasteiger partial charge on any atom is -0.497 e. The zero-order chi connectivity index (χ0) is 19.9. The Morgan fingerprint density at radius 1 is 1.18 bits per heavy atom. The number of nitrogens with one attached hydrogen (secondary N) is 1. The third-order valence-electron chi connectivity index (χ3n) is 4.13. The fourth-order valence-electron chi connectivity index (χ4n) is 2.63. The van der Waals surface area contributed by atoms with E-state index in [1.54, 1.807) is 32.4 Å². The summed E-state index contributed by atoms with van der Waals surface area (Å²) >= 11 is 6.10. The number of rotatable bonds is 8.